The molecule has 0 aromatic heterocycles. The van der Waals surface area contributed by atoms with Crippen LogP contribution in [0, 0.1) is 10.5 Å². The summed E-state index contributed by atoms with van der Waals surface area (Å²) in [4.78, 5) is 0. The minimum atomic E-state index is -0.107. The van der Waals surface area contributed by atoms with Crippen molar-refractivity contribution in [1.29, 1.82) is 0 Å². The summed E-state index contributed by atoms with van der Waals surface area (Å²) >= 11 is 1.87. The first-order valence-electron chi connectivity index (χ1n) is 4.87. The normalized spacial score (nSPS) is 10.6. The predicted molar refractivity (Wildman–Crippen MR) is 60.9 cm³/mol. The van der Waals surface area contributed by atoms with Crippen LogP contribution < -0.4 is 5.32 Å². The Hall–Kier alpha value is -0.663. The number of hydrogen-bond donors (Lipinski definition) is 1. The standard InChI is InChI=1S/C12H14N.Li/c1-4-12(2,3)13-10-11-8-6-5-7-9-11;/h5-9,13H,10H2,2-3H3;. The van der Waals surface area contributed by atoms with Crippen molar-refractivity contribution in [3.8, 4) is 10.5 Å². The van der Waals surface area contributed by atoms with Gasteiger partial charge in [0.05, 0.1) is 0 Å². The molecule has 0 spiro atoms. The molecule has 1 nitrogen and oxygen atoms in total. The van der Waals surface area contributed by atoms with Crippen LogP contribution in [0.25, 0.3) is 0 Å². The van der Waals surface area contributed by atoms with E-state index in [-0.39, 0.29) is 5.54 Å². The number of benzene rings is 1. The van der Waals surface area contributed by atoms with Gasteiger partial charge in [-0.2, -0.15) is 0 Å². The van der Waals surface area contributed by atoms with Gasteiger partial charge in [0.15, 0.2) is 0 Å². The van der Waals surface area contributed by atoms with Crippen LogP contribution in [0.15, 0.2) is 30.3 Å². The SMILES string of the molecule is [Li][C]#CC(C)(C)NCc1ccccc1. The number of rotatable bonds is 3. The van der Waals surface area contributed by atoms with Crippen molar-refractivity contribution >= 4 is 17.7 Å². The van der Waals surface area contributed by atoms with Gasteiger partial charge < -0.3 is 0 Å². The van der Waals surface area contributed by atoms with E-state index < -0.39 is 0 Å². The van der Waals surface area contributed by atoms with E-state index in [2.05, 4.69) is 53.9 Å². The molecule has 0 saturated heterocycles. The Bertz CT molecular complexity index is 332. The molecular weight excluding hydrogens is 165 g/mol. The zero-order valence-corrected chi connectivity index (χ0v) is 9.09. The molecule has 0 atom stereocenters. The van der Waals surface area contributed by atoms with Crippen LogP contribution in [0.1, 0.15) is 19.4 Å². The first-order valence-corrected chi connectivity index (χ1v) is 4.87. The topological polar surface area (TPSA) is 12.0 Å². The summed E-state index contributed by atoms with van der Waals surface area (Å²) < 4.78 is 2.93. The number of nitrogens with one attached hydrogen (secondary N) is 1. The summed E-state index contributed by atoms with van der Waals surface area (Å²) in [6, 6.07) is 10.4. The Morgan fingerprint density at radius 2 is 1.93 bits per heavy atom. The summed E-state index contributed by atoms with van der Waals surface area (Å²) in [5.41, 5.74) is 1.18. The predicted octanol–water partition coefficient (Wildman–Crippen LogP) is 1.68. The molecule has 1 N–H and O–H groups in total. The van der Waals surface area contributed by atoms with E-state index >= 15 is 0 Å². The summed E-state index contributed by atoms with van der Waals surface area (Å²) in [6.45, 7) is 5.04. The Labute approximate surface area is 95.5 Å². The molecule has 0 heterocycles. The van der Waals surface area contributed by atoms with Crippen LogP contribution >= 0.6 is 0 Å². The fourth-order valence-corrected chi connectivity index (χ4v) is 1.28. The monoisotopic (exact) mass is 179 g/mol. The van der Waals surface area contributed by atoms with Crippen molar-refractivity contribution in [2.45, 2.75) is 25.9 Å². The summed E-state index contributed by atoms with van der Waals surface area (Å²) in [6.07, 6.45) is 0. The van der Waals surface area contributed by atoms with Crippen LogP contribution in [-0.4, -0.2) is 23.3 Å². The summed E-state index contributed by atoms with van der Waals surface area (Å²) in [5, 5.41) is 3.40. The second-order valence-electron chi connectivity index (χ2n) is 3.84. The zero-order valence-electron chi connectivity index (χ0n) is 9.09. The fraction of sp³-hybridized carbons (Fsp3) is 0.333. The third-order valence-electron chi connectivity index (χ3n) is 2.01. The van der Waals surface area contributed by atoms with Gasteiger partial charge in [-0.1, -0.05) is 0 Å². The van der Waals surface area contributed by atoms with Gasteiger partial charge in [0, 0.05) is 0 Å². The first kappa shape index (κ1) is 11.4. The average molecular weight is 179 g/mol. The van der Waals surface area contributed by atoms with Gasteiger partial charge in [-0.3, -0.25) is 0 Å². The van der Waals surface area contributed by atoms with Crippen LogP contribution in [0.4, 0.5) is 0 Å². The molecule has 1 aromatic carbocycles. The third kappa shape index (κ3) is 4.03. The second kappa shape index (κ2) is 5.28. The van der Waals surface area contributed by atoms with Gasteiger partial charge in [-0.05, 0) is 0 Å². The van der Waals surface area contributed by atoms with E-state index in [4.69, 9.17) is 0 Å². The van der Waals surface area contributed by atoms with Crippen molar-refractivity contribution in [3.63, 3.8) is 0 Å². The van der Waals surface area contributed by atoms with E-state index in [9.17, 15) is 0 Å². The average Bonchev–Trinajstić information content (AvgIpc) is 2.17. The van der Waals surface area contributed by atoms with E-state index in [1.54, 1.807) is 0 Å². The van der Waals surface area contributed by atoms with E-state index in [0.717, 1.165) is 6.54 Å². The molecule has 2 heteroatoms. The Balaban J connectivity index is 2.52. The Morgan fingerprint density at radius 1 is 1.29 bits per heavy atom. The van der Waals surface area contributed by atoms with Crippen molar-refractivity contribution < 1.29 is 0 Å². The van der Waals surface area contributed by atoms with Crippen molar-refractivity contribution in [2.24, 2.45) is 0 Å². The maximum absolute atomic E-state index is 3.40. The quantitative estimate of drug-likeness (QED) is 0.550. The summed E-state index contributed by atoms with van der Waals surface area (Å²) in [7, 11) is 0. The van der Waals surface area contributed by atoms with Crippen molar-refractivity contribution in [1.82, 2.24) is 5.32 Å². The molecule has 0 aliphatic heterocycles. The van der Waals surface area contributed by atoms with Gasteiger partial charge in [-0.25, -0.2) is 0 Å². The zero-order chi connectivity index (χ0) is 10.4. The van der Waals surface area contributed by atoms with Gasteiger partial charge in [-0.15, -0.1) is 0 Å². The second-order valence-corrected chi connectivity index (χ2v) is 3.84. The number of hydrogen-bond acceptors (Lipinski definition) is 1. The molecule has 1 aromatic rings. The van der Waals surface area contributed by atoms with Crippen LogP contribution in [0.5, 0.6) is 0 Å². The van der Waals surface area contributed by atoms with Gasteiger partial charge >= 0.3 is 95.4 Å². The minimum absolute atomic E-state index is 0.107. The molecule has 0 saturated carbocycles. The molecule has 0 amide bonds. The molecule has 1 rings (SSSR count). The van der Waals surface area contributed by atoms with Gasteiger partial charge in [0.2, 0.25) is 0 Å². The molecule has 0 unspecified atom stereocenters. The molecule has 0 aliphatic carbocycles. The third-order valence-corrected chi connectivity index (χ3v) is 2.01. The van der Waals surface area contributed by atoms with Crippen LogP contribution in [0.3, 0.4) is 0 Å². The fourth-order valence-electron chi connectivity index (χ4n) is 1.28. The van der Waals surface area contributed by atoms with E-state index in [1.165, 1.54) is 5.56 Å². The maximum atomic E-state index is 3.40. The molecule has 0 bridgehead atoms. The molecule has 0 radical (unpaired) electrons. The molecular formula is C12H14LiN. The first-order chi connectivity index (χ1) is 6.64. The van der Waals surface area contributed by atoms with Crippen molar-refractivity contribution in [2.75, 3.05) is 0 Å². The van der Waals surface area contributed by atoms with E-state index in [1.807, 2.05) is 23.8 Å². The van der Waals surface area contributed by atoms with Crippen LogP contribution in [0.2, 0.25) is 0 Å². The molecule has 0 fully saturated rings. The van der Waals surface area contributed by atoms with E-state index in [0.29, 0.717) is 0 Å². The summed E-state index contributed by atoms with van der Waals surface area (Å²) in [5.74, 6) is 3.13. The van der Waals surface area contributed by atoms with Gasteiger partial charge in [0.25, 0.3) is 0 Å². The molecule has 68 valence electrons. The Kier molecular flexibility index (Phi) is 4.30. The molecule has 14 heavy (non-hydrogen) atoms. The van der Waals surface area contributed by atoms with Gasteiger partial charge in [0.1, 0.15) is 0 Å². The van der Waals surface area contributed by atoms with Crippen LogP contribution in [-0.2, 0) is 6.54 Å². The molecule has 0 aliphatic rings. The Morgan fingerprint density at radius 3 is 2.50 bits per heavy atom. The van der Waals surface area contributed by atoms with Crippen molar-refractivity contribution in [3.05, 3.63) is 35.9 Å².